The number of carbonyl (C=O) groups excluding carboxylic acids is 1. The Hall–Kier alpha value is -4.01. The monoisotopic (exact) mass is 377 g/mol. The molecule has 2 aromatic carbocycles. The van der Waals surface area contributed by atoms with Gasteiger partial charge >= 0.3 is 5.63 Å². The minimum atomic E-state index is -0.442. The molecule has 0 saturated carbocycles. The zero-order valence-electron chi connectivity index (χ0n) is 14.8. The Morgan fingerprint density at radius 1 is 1.18 bits per heavy atom. The third-order valence-electron chi connectivity index (χ3n) is 4.04. The van der Waals surface area contributed by atoms with E-state index in [9.17, 15) is 9.59 Å². The average Bonchev–Trinajstić information content (AvgIpc) is 3.20. The SMILES string of the molecule is Cc1cc(NC(=O)COc2ccc3ccc(=O)oc3c2)ccc1-n1cnnn1. The van der Waals surface area contributed by atoms with Gasteiger partial charge in [0.2, 0.25) is 0 Å². The highest BCUT2D eigenvalue weighted by atomic mass is 16.5. The molecule has 0 aliphatic heterocycles. The van der Waals surface area contributed by atoms with E-state index in [1.165, 1.54) is 12.4 Å². The molecule has 1 N–H and O–H groups in total. The van der Waals surface area contributed by atoms with Crippen LogP contribution in [0.4, 0.5) is 5.69 Å². The number of aryl methyl sites for hydroxylation is 1. The molecule has 4 aromatic rings. The Bertz CT molecular complexity index is 1200. The molecule has 9 nitrogen and oxygen atoms in total. The molecule has 4 rings (SSSR count). The van der Waals surface area contributed by atoms with Gasteiger partial charge in [0.25, 0.3) is 5.91 Å². The number of nitrogens with one attached hydrogen (secondary N) is 1. The highest BCUT2D eigenvalue weighted by Gasteiger charge is 2.08. The first kappa shape index (κ1) is 17.4. The van der Waals surface area contributed by atoms with E-state index in [2.05, 4.69) is 20.8 Å². The number of nitrogens with zero attached hydrogens (tertiary/aromatic N) is 4. The van der Waals surface area contributed by atoms with Crippen molar-refractivity contribution in [1.82, 2.24) is 20.2 Å². The van der Waals surface area contributed by atoms with Crippen LogP contribution >= 0.6 is 0 Å². The number of ether oxygens (including phenoxy) is 1. The highest BCUT2D eigenvalue weighted by molar-refractivity contribution is 5.92. The molecule has 140 valence electrons. The van der Waals surface area contributed by atoms with Crippen molar-refractivity contribution in [3.63, 3.8) is 0 Å². The van der Waals surface area contributed by atoms with Crippen molar-refractivity contribution < 1.29 is 13.9 Å². The summed E-state index contributed by atoms with van der Waals surface area (Å²) in [7, 11) is 0. The molecule has 0 radical (unpaired) electrons. The van der Waals surface area contributed by atoms with Gasteiger partial charge in [0.15, 0.2) is 6.61 Å². The predicted molar refractivity (Wildman–Crippen MR) is 100 cm³/mol. The number of tetrazole rings is 1. The number of carbonyl (C=O) groups is 1. The molecule has 0 saturated heterocycles. The van der Waals surface area contributed by atoms with E-state index in [0.29, 0.717) is 17.0 Å². The van der Waals surface area contributed by atoms with E-state index in [0.717, 1.165) is 16.6 Å². The summed E-state index contributed by atoms with van der Waals surface area (Å²) in [4.78, 5) is 23.5. The Kier molecular flexibility index (Phi) is 4.55. The first-order chi connectivity index (χ1) is 13.6. The normalized spacial score (nSPS) is 10.8. The molecule has 0 aliphatic carbocycles. The van der Waals surface area contributed by atoms with E-state index in [-0.39, 0.29) is 12.5 Å². The summed E-state index contributed by atoms with van der Waals surface area (Å²) in [5, 5.41) is 14.6. The molecule has 2 heterocycles. The highest BCUT2D eigenvalue weighted by Crippen LogP contribution is 2.20. The van der Waals surface area contributed by atoms with Gasteiger partial charge in [0.1, 0.15) is 17.7 Å². The van der Waals surface area contributed by atoms with E-state index in [4.69, 9.17) is 9.15 Å². The number of rotatable bonds is 5. The van der Waals surface area contributed by atoms with Crippen molar-refractivity contribution in [2.45, 2.75) is 6.92 Å². The Morgan fingerprint density at radius 2 is 2.04 bits per heavy atom. The molecular formula is C19H15N5O4. The van der Waals surface area contributed by atoms with Gasteiger partial charge in [-0.25, -0.2) is 9.48 Å². The smallest absolute Gasteiger partial charge is 0.336 e. The number of anilines is 1. The summed E-state index contributed by atoms with van der Waals surface area (Å²) < 4.78 is 12.1. The van der Waals surface area contributed by atoms with E-state index in [1.54, 1.807) is 35.0 Å². The molecule has 1 amide bonds. The van der Waals surface area contributed by atoms with Crippen LogP contribution in [0.3, 0.4) is 0 Å². The molecule has 0 bridgehead atoms. The Morgan fingerprint density at radius 3 is 2.82 bits per heavy atom. The fraction of sp³-hybridized carbons (Fsp3) is 0.105. The molecular weight excluding hydrogens is 362 g/mol. The maximum atomic E-state index is 12.2. The number of fused-ring (bicyclic) bond motifs is 1. The van der Waals surface area contributed by atoms with E-state index >= 15 is 0 Å². The van der Waals surface area contributed by atoms with E-state index in [1.807, 2.05) is 19.1 Å². The Balaban J connectivity index is 1.40. The molecule has 0 spiro atoms. The number of benzene rings is 2. The van der Waals surface area contributed by atoms with Gasteiger partial charge in [-0.15, -0.1) is 5.10 Å². The number of hydrogen-bond donors (Lipinski definition) is 1. The summed E-state index contributed by atoms with van der Waals surface area (Å²) in [6.45, 7) is 1.71. The number of amides is 1. The lowest BCUT2D eigenvalue weighted by molar-refractivity contribution is -0.118. The maximum absolute atomic E-state index is 12.2. The van der Waals surface area contributed by atoms with Crippen molar-refractivity contribution in [3.05, 3.63) is 70.8 Å². The standard InChI is InChI=1S/C19H15N5O4/c1-12-8-14(4-6-16(12)24-11-20-22-23-24)21-18(25)10-27-15-5-2-13-3-7-19(26)28-17(13)9-15/h2-9,11H,10H2,1H3,(H,21,25). The minimum Gasteiger partial charge on any atom is -0.484 e. The van der Waals surface area contributed by atoms with Gasteiger partial charge in [-0.3, -0.25) is 4.79 Å². The predicted octanol–water partition coefficient (Wildman–Crippen LogP) is 2.09. The molecule has 0 aliphatic rings. The third-order valence-corrected chi connectivity index (χ3v) is 4.04. The van der Waals surface area contributed by atoms with Gasteiger partial charge in [-0.1, -0.05) is 0 Å². The van der Waals surface area contributed by atoms with Crippen molar-refractivity contribution in [1.29, 1.82) is 0 Å². The molecule has 28 heavy (non-hydrogen) atoms. The zero-order chi connectivity index (χ0) is 19.5. The summed E-state index contributed by atoms with van der Waals surface area (Å²) >= 11 is 0. The topological polar surface area (TPSA) is 112 Å². The van der Waals surface area contributed by atoms with Crippen molar-refractivity contribution in [2.24, 2.45) is 0 Å². The van der Waals surface area contributed by atoms with Gasteiger partial charge in [-0.05, 0) is 59.3 Å². The van der Waals surface area contributed by atoms with Crippen molar-refractivity contribution in [2.75, 3.05) is 11.9 Å². The molecule has 0 unspecified atom stereocenters. The van der Waals surface area contributed by atoms with Crippen LogP contribution in [0.5, 0.6) is 5.75 Å². The van der Waals surface area contributed by atoms with Gasteiger partial charge in [-0.2, -0.15) is 0 Å². The second-order valence-electron chi connectivity index (χ2n) is 6.05. The van der Waals surface area contributed by atoms with Crippen LogP contribution < -0.4 is 15.7 Å². The Labute approximate surface area is 158 Å². The first-order valence-electron chi connectivity index (χ1n) is 8.39. The molecule has 0 atom stereocenters. The summed E-state index contributed by atoms with van der Waals surface area (Å²) in [6.07, 6.45) is 1.50. The molecule has 9 heteroatoms. The van der Waals surface area contributed by atoms with Gasteiger partial charge in [0, 0.05) is 23.2 Å². The fourth-order valence-corrected chi connectivity index (χ4v) is 2.74. The summed E-state index contributed by atoms with van der Waals surface area (Å²) in [5.41, 5.74) is 2.31. The van der Waals surface area contributed by atoms with Crippen LogP contribution in [-0.2, 0) is 4.79 Å². The van der Waals surface area contributed by atoms with Gasteiger partial charge in [0.05, 0.1) is 5.69 Å². The second kappa shape index (κ2) is 7.31. The lowest BCUT2D eigenvalue weighted by Gasteiger charge is -2.10. The van der Waals surface area contributed by atoms with Crippen molar-refractivity contribution >= 4 is 22.6 Å². The van der Waals surface area contributed by atoms with Crippen LogP contribution in [0.15, 0.2) is 64.1 Å². The lowest BCUT2D eigenvalue weighted by atomic mass is 10.2. The maximum Gasteiger partial charge on any atom is 0.336 e. The van der Waals surface area contributed by atoms with Crippen LogP contribution in [-0.4, -0.2) is 32.7 Å². The summed E-state index contributed by atoms with van der Waals surface area (Å²) in [5.74, 6) is 0.117. The largest absolute Gasteiger partial charge is 0.484 e. The zero-order valence-corrected chi connectivity index (χ0v) is 14.8. The quantitative estimate of drug-likeness (QED) is 0.530. The van der Waals surface area contributed by atoms with Crippen LogP contribution in [0, 0.1) is 6.92 Å². The van der Waals surface area contributed by atoms with Crippen LogP contribution in [0.2, 0.25) is 0 Å². The molecule has 2 aromatic heterocycles. The molecule has 0 fully saturated rings. The summed E-state index contributed by atoms with van der Waals surface area (Å²) in [6, 6.07) is 13.4. The first-order valence-corrected chi connectivity index (χ1v) is 8.39. The van der Waals surface area contributed by atoms with Crippen molar-refractivity contribution in [3.8, 4) is 11.4 Å². The fourth-order valence-electron chi connectivity index (χ4n) is 2.74. The number of hydrogen-bond acceptors (Lipinski definition) is 7. The minimum absolute atomic E-state index is 0.184. The lowest BCUT2D eigenvalue weighted by Crippen LogP contribution is -2.20. The van der Waals surface area contributed by atoms with Gasteiger partial charge < -0.3 is 14.5 Å². The second-order valence-corrected chi connectivity index (χ2v) is 6.05. The van der Waals surface area contributed by atoms with E-state index < -0.39 is 5.63 Å². The average molecular weight is 377 g/mol. The third kappa shape index (κ3) is 3.73. The van der Waals surface area contributed by atoms with Crippen LogP contribution in [0.25, 0.3) is 16.7 Å². The van der Waals surface area contributed by atoms with Crippen LogP contribution in [0.1, 0.15) is 5.56 Å². The number of aromatic nitrogens is 4.